The maximum atomic E-state index is 12.5. The van der Waals surface area contributed by atoms with E-state index in [4.69, 9.17) is 9.47 Å². The van der Waals surface area contributed by atoms with E-state index in [0.717, 1.165) is 32.1 Å². The minimum absolute atomic E-state index is 0.126. The van der Waals surface area contributed by atoms with Gasteiger partial charge in [-0.2, -0.15) is 0 Å². The summed E-state index contributed by atoms with van der Waals surface area (Å²) in [6, 6.07) is 4.47. The first-order valence-electron chi connectivity index (χ1n) is 8.98. The van der Waals surface area contributed by atoms with Gasteiger partial charge in [-0.1, -0.05) is 6.92 Å². The second-order valence-corrected chi connectivity index (χ2v) is 7.84. The van der Waals surface area contributed by atoms with E-state index in [-0.39, 0.29) is 24.3 Å². The number of aryl methyl sites for hydroxylation is 1. The summed E-state index contributed by atoms with van der Waals surface area (Å²) < 4.78 is 11.7. The van der Waals surface area contributed by atoms with Crippen LogP contribution in [0.4, 0.5) is 4.79 Å². The highest BCUT2D eigenvalue weighted by molar-refractivity contribution is 5.69. The molecule has 3 heterocycles. The maximum Gasteiger partial charge on any atom is 0.410 e. The van der Waals surface area contributed by atoms with Crippen molar-refractivity contribution in [1.29, 1.82) is 0 Å². The highest BCUT2D eigenvalue weighted by Crippen LogP contribution is 2.38. The summed E-state index contributed by atoms with van der Waals surface area (Å²) in [5, 5.41) is 0. The van der Waals surface area contributed by atoms with Crippen molar-refractivity contribution in [2.24, 2.45) is 0 Å². The van der Waals surface area contributed by atoms with Crippen LogP contribution in [0.1, 0.15) is 58.9 Å². The van der Waals surface area contributed by atoms with Gasteiger partial charge >= 0.3 is 6.09 Å². The van der Waals surface area contributed by atoms with Crippen LogP contribution in [-0.2, 0) is 11.2 Å². The number of carbonyl (C=O) groups excluding carboxylic acids is 1. The van der Waals surface area contributed by atoms with Crippen molar-refractivity contribution in [1.82, 2.24) is 9.88 Å². The predicted molar refractivity (Wildman–Crippen MR) is 92.1 cm³/mol. The highest BCUT2D eigenvalue weighted by atomic mass is 16.6. The molecule has 132 valence electrons. The Hall–Kier alpha value is -1.78. The van der Waals surface area contributed by atoms with Crippen LogP contribution in [0.15, 0.2) is 18.3 Å². The van der Waals surface area contributed by atoms with Crippen LogP contribution in [0, 0.1) is 0 Å². The molecule has 0 aliphatic carbocycles. The number of hydrogen-bond donors (Lipinski definition) is 0. The number of aromatic nitrogens is 1. The van der Waals surface area contributed by atoms with Crippen molar-refractivity contribution in [2.75, 3.05) is 0 Å². The van der Waals surface area contributed by atoms with E-state index in [9.17, 15) is 4.79 Å². The molecule has 0 saturated carbocycles. The van der Waals surface area contributed by atoms with Crippen LogP contribution >= 0.6 is 0 Å². The molecule has 2 aliphatic heterocycles. The van der Waals surface area contributed by atoms with Gasteiger partial charge in [-0.05, 0) is 51.7 Å². The zero-order valence-electron chi connectivity index (χ0n) is 15.1. The third-order valence-electron chi connectivity index (χ3n) is 4.79. The number of carbonyl (C=O) groups is 1. The number of piperidine rings is 1. The molecule has 0 spiro atoms. The quantitative estimate of drug-likeness (QED) is 0.841. The zero-order chi connectivity index (χ0) is 17.3. The minimum Gasteiger partial charge on any atom is -0.474 e. The van der Waals surface area contributed by atoms with Crippen LogP contribution in [-0.4, -0.2) is 39.8 Å². The molecule has 3 rings (SSSR count). The van der Waals surface area contributed by atoms with Crippen molar-refractivity contribution in [3.8, 4) is 5.88 Å². The SMILES string of the molecule is CCc1ccnc(OC2C[C@H]3CC[C@@H](C2)N3C(=O)OC(C)(C)C)c1. The Bertz CT molecular complexity index is 583. The van der Waals surface area contributed by atoms with Gasteiger partial charge < -0.3 is 14.4 Å². The Kier molecular flexibility index (Phi) is 4.70. The van der Waals surface area contributed by atoms with E-state index in [0.29, 0.717) is 5.88 Å². The first-order chi connectivity index (χ1) is 11.4. The molecular weight excluding hydrogens is 304 g/mol. The molecule has 3 atom stereocenters. The number of amides is 1. The first kappa shape index (κ1) is 17.1. The summed E-state index contributed by atoms with van der Waals surface area (Å²) in [4.78, 5) is 18.7. The number of rotatable bonds is 3. The van der Waals surface area contributed by atoms with Crippen molar-refractivity contribution in [3.05, 3.63) is 23.9 Å². The maximum absolute atomic E-state index is 12.5. The molecule has 2 fully saturated rings. The third-order valence-corrected chi connectivity index (χ3v) is 4.79. The molecule has 1 aromatic heterocycles. The largest absolute Gasteiger partial charge is 0.474 e. The summed E-state index contributed by atoms with van der Waals surface area (Å²) in [6.45, 7) is 7.86. The van der Waals surface area contributed by atoms with E-state index in [2.05, 4.69) is 11.9 Å². The number of pyridine rings is 1. The molecule has 1 aromatic rings. The number of fused-ring (bicyclic) bond motifs is 2. The Labute approximate surface area is 144 Å². The molecule has 5 heteroatoms. The fourth-order valence-corrected chi connectivity index (χ4v) is 3.74. The number of ether oxygens (including phenoxy) is 2. The monoisotopic (exact) mass is 332 g/mol. The van der Waals surface area contributed by atoms with Gasteiger partial charge in [-0.25, -0.2) is 9.78 Å². The average Bonchev–Trinajstić information content (AvgIpc) is 2.77. The topological polar surface area (TPSA) is 51.7 Å². The lowest BCUT2D eigenvalue weighted by Gasteiger charge is -2.39. The molecule has 24 heavy (non-hydrogen) atoms. The van der Waals surface area contributed by atoms with Gasteiger partial charge in [-0.15, -0.1) is 0 Å². The summed E-state index contributed by atoms with van der Waals surface area (Å²) >= 11 is 0. The molecule has 2 saturated heterocycles. The molecule has 2 aliphatic rings. The molecule has 1 amide bonds. The number of nitrogens with zero attached hydrogens (tertiary/aromatic N) is 2. The fourth-order valence-electron chi connectivity index (χ4n) is 3.74. The Morgan fingerprint density at radius 1 is 1.29 bits per heavy atom. The van der Waals surface area contributed by atoms with E-state index in [1.807, 2.05) is 37.8 Å². The molecule has 0 aromatic carbocycles. The second-order valence-electron chi connectivity index (χ2n) is 7.84. The van der Waals surface area contributed by atoms with Gasteiger partial charge in [0, 0.05) is 37.2 Å². The summed E-state index contributed by atoms with van der Waals surface area (Å²) in [5.74, 6) is 0.699. The van der Waals surface area contributed by atoms with Crippen LogP contribution < -0.4 is 4.74 Å². The van der Waals surface area contributed by atoms with E-state index < -0.39 is 5.60 Å². The van der Waals surface area contributed by atoms with Gasteiger partial charge in [0.25, 0.3) is 0 Å². The lowest BCUT2D eigenvalue weighted by Crippen LogP contribution is -2.50. The minimum atomic E-state index is -0.450. The summed E-state index contributed by atoms with van der Waals surface area (Å²) in [6.07, 6.45) is 6.50. The van der Waals surface area contributed by atoms with Crippen molar-refractivity contribution in [3.63, 3.8) is 0 Å². The number of hydrogen-bond acceptors (Lipinski definition) is 4. The highest BCUT2D eigenvalue weighted by Gasteiger charge is 2.45. The van der Waals surface area contributed by atoms with Crippen molar-refractivity contribution < 1.29 is 14.3 Å². The zero-order valence-corrected chi connectivity index (χ0v) is 15.1. The lowest BCUT2D eigenvalue weighted by molar-refractivity contribution is -0.00759. The molecule has 5 nitrogen and oxygen atoms in total. The van der Waals surface area contributed by atoms with Crippen LogP contribution in [0.5, 0.6) is 5.88 Å². The predicted octanol–water partition coefficient (Wildman–Crippen LogP) is 3.95. The van der Waals surface area contributed by atoms with Gasteiger partial charge in [0.2, 0.25) is 5.88 Å². The Morgan fingerprint density at radius 3 is 2.54 bits per heavy atom. The average molecular weight is 332 g/mol. The van der Waals surface area contributed by atoms with E-state index >= 15 is 0 Å². The van der Waals surface area contributed by atoms with Crippen molar-refractivity contribution in [2.45, 2.75) is 83.6 Å². The summed E-state index contributed by atoms with van der Waals surface area (Å²) in [5.41, 5.74) is 0.781. The molecular formula is C19H28N2O3. The molecule has 0 radical (unpaired) electrons. The Balaban J connectivity index is 1.63. The first-order valence-corrected chi connectivity index (χ1v) is 8.98. The van der Waals surface area contributed by atoms with Crippen molar-refractivity contribution >= 4 is 6.09 Å². The standard InChI is InChI=1S/C19H28N2O3/c1-5-13-8-9-20-17(10-13)23-16-11-14-6-7-15(12-16)21(14)18(22)24-19(2,3)4/h8-10,14-16H,5-7,11-12H2,1-4H3/t14-,15+,16?. The van der Waals surface area contributed by atoms with Gasteiger partial charge in [-0.3, -0.25) is 0 Å². The molecule has 2 bridgehead atoms. The van der Waals surface area contributed by atoms with Crippen LogP contribution in [0.25, 0.3) is 0 Å². The van der Waals surface area contributed by atoms with Gasteiger partial charge in [0.05, 0.1) is 0 Å². The fraction of sp³-hybridized carbons (Fsp3) is 0.684. The van der Waals surface area contributed by atoms with Gasteiger partial charge in [0.1, 0.15) is 11.7 Å². The lowest BCUT2D eigenvalue weighted by atomic mass is 10.00. The Morgan fingerprint density at radius 2 is 1.96 bits per heavy atom. The smallest absolute Gasteiger partial charge is 0.410 e. The summed E-state index contributed by atoms with van der Waals surface area (Å²) in [7, 11) is 0. The molecule has 0 N–H and O–H groups in total. The second kappa shape index (κ2) is 6.61. The third kappa shape index (κ3) is 3.82. The van der Waals surface area contributed by atoms with E-state index in [1.54, 1.807) is 6.20 Å². The van der Waals surface area contributed by atoms with E-state index in [1.165, 1.54) is 5.56 Å². The normalized spacial score (nSPS) is 26.3. The van der Waals surface area contributed by atoms with Crippen LogP contribution in [0.3, 0.4) is 0 Å². The van der Waals surface area contributed by atoms with Gasteiger partial charge in [0.15, 0.2) is 0 Å². The molecule has 1 unspecified atom stereocenters. The van der Waals surface area contributed by atoms with Crippen LogP contribution in [0.2, 0.25) is 0 Å².